The summed E-state index contributed by atoms with van der Waals surface area (Å²) in [5, 5.41) is 0. The smallest absolute Gasteiger partial charge is 0.0359 e. The number of nitrogen functional groups attached to an aromatic ring is 1. The van der Waals surface area contributed by atoms with Crippen LogP contribution in [0.4, 0.5) is 5.69 Å². The Morgan fingerprint density at radius 2 is 2.06 bits per heavy atom. The van der Waals surface area contributed by atoms with E-state index in [0.717, 1.165) is 12.2 Å². The highest BCUT2D eigenvalue weighted by molar-refractivity contribution is 7.98. The van der Waals surface area contributed by atoms with Gasteiger partial charge in [-0.15, -0.1) is 0 Å². The van der Waals surface area contributed by atoms with Crippen molar-refractivity contribution in [3.05, 3.63) is 29.8 Å². The van der Waals surface area contributed by atoms with E-state index >= 15 is 0 Å². The van der Waals surface area contributed by atoms with Gasteiger partial charge in [0.1, 0.15) is 0 Å². The molecule has 0 aliphatic rings. The molecular formula is C13H22N2S. The highest BCUT2D eigenvalue weighted by atomic mass is 32.2. The second kappa shape index (κ2) is 6.81. The molecule has 0 fully saturated rings. The van der Waals surface area contributed by atoms with Crippen molar-refractivity contribution in [1.82, 2.24) is 4.90 Å². The van der Waals surface area contributed by atoms with Gasteiger partial charge in [0.2, 0.25) is 0 Å². The third-order valence-corrected chi connectivity index (χ3v) is 3.65. The van der Waals surface area contributed by atoms with Gasteiger partial charge in [0.25, 0.3) is 0 Å². The normalized spacial score (nSPS) is 13.0. The first-order valence-electron chi connectivity index (χ1n) is 5.71. The van der Waals surface area contributed by atoms with Gasteiger partial charge < -0.3 is 5.73 Å². The van der Waals surface area contributed by atoms with Crippen LogP contribution >= 0.6 is 11.8 Å². The van der Waals surface area contributed by atoms with Crippen LogP contribution in [-0.4, -0.2) is 30.0 Å². The van der Waals surface area contributed by atoms with E-state index in [4.69, 9.17) is 5.73 Å². The van der Waals surface area contributed by atoms with Crippen LogP contribution in [0.5, 0.6) is 0 Å². The van der Waals surface area contributed by atoms with E-state index in [9.17, 15) is 0 Å². The lowest BCUT2D eigenvalue weighted by Crippen LogP contribution is -2.32. The van der Waals surface area contributed by atoms with Gasteiger partial charge in [-0.05, 0) is 31.4 Å². The summed E-state index contributed by atoms with van der Waals surface area (Å²) in [5.41, 5.74) is 8.08. The van der Waals surface area contributed by atoms with Crippen molar-refractivity contribution < 1.29 is 0 Å². The molecule has 0 saturated carbocycles. The maximum absolute atomic E-state index is 5.95. The summed E-state index contributed by atoms with van der Waals surface area (Å²) in [5.74, 6) is 1.18. The molecule has 0 aliphatic carbocycles. The van der Waals surface area contributed by atoms with Gasteiger partial charge in [0.15, 0.2) is 0 Å². The molecule has 0 amide bonds. The summed E-state index contributed by atoms with van der Waals surface area (Å²) in [7, 11) is 2.18. The van der Waals surface area contributed by atoms with Gasteiger partial charge in [-0.2, -0.15) is 11.8 Å². The van der Waals surface area contributed by atoms with E-state index in [1.165, 1.54) is 17.7 Å². The minimum atomic E-state index is 0.634. The van der Waals surface area contributed by atoms with E-state index in [-0.39, 0.29) is 0 Å². The molecule has 0 aromatic heterocycles. The number of nitrogens with zero attached hydrogens (tertiary/aromatic N) is 1. The summed E-state index contributed by atoms with van der Waals surface area (Å²) in [6, 6.07) is 8.75. The molecular weight excluding hydrogens is 216 g/mol. The van der Waals surface area contributed by atoms with E-state index in [1.54, 1.807) is 0 Å². The second-order valence-corrected chi connectivity index (χ2v) is 5.04. The average Bonchev–Trinajstić information content (AvgIpc) is 2.29. The maximum atomic E-state index is 5.95. The molecule has 1 aromatic carbocycles. The second-order valence-electron chi connectivity index (χ2n) is 4.13. The lowest BCUT2D eigenvalue weighted by Gasteiger charge is -2.27. The molecule has 1 aromatic rings. The zero-order chi connectivity index (χ0) is 12.0. The van der Waals surface area contributed by atoms with E-state index < -0.39 is 0 Å². The van der Waals surface area contributed by atoms with E-state index in [2.05, 4.69) is 37.3 Å². The van der Waals surface area contributed by atoms with Gasteiger partial charge in [0, 0.05) is 24.0 Å². The molecule has 0 radical (unpaired) electrons. The van der Waals surface area contributed by atoms with E-state index in [1.807, 2.05) is 23.9 Å². The Morgan fingerprint density at radius 1 is 1.38 bits per heavy atom. The molecule has 2 nitrogen and oxygen atoms in total. The molecule has 0 heterocycles. The van der Waals surface area contributed by atoms with Gasteiger partial charge in [-0.3, -0.25) is 4.90 Å². The Hall–Kier alpha value is -0.670. The number of benzene rings is 1. The number of thioether (sulfide) groups is 1. The lowest BCUT2D eigenvalue weighted by atomic mass is 10.1. The first-order valence-corrected chi connectivity index (χ1v) is 7.11. The van der Waals surface area contributed by atoms with Crippen LogP contribution in [0.2, 0.25) is 0 Å². The van der Waals surface area contributed by atoms with Crippen LogP contribution < -0.4 is 5.73 Å². The Morgan fingerprint density at radius 3 is 2.62 bits per heavy atom. The molecule has 2 N–H and O–H groups in total. The van der Waals surface area contributed by atoms with Gasteiger partial charge in [-0.25, -0.2) is 0 Å². The Labute approximate surface area is 103 Å². The lowest BCUT2D eigenvalue weighted by molar-refractivity contribution is 0.248. The van der Waals surface area contributed by atoms with Crippen molar-refractivity contribution in [1.29, 1.82) is 0 Å². The fourth-order valence-electron chi connectivity index (χ4n) is 1.83. The van der Waals surface area contributed by atoms with Crippen molar-refractivity contribution in [2.75, 3.05) is 24.8 Å². The Balaban J connectivity index is 2.62. The fraction of sp³-hybridized carbons (Fsp3) is 0.538. The van der Waals surface area contributed by atoms with Crippen LogP contribution in [-0.2, 0) is 6.54 Å². The molecule has 90 valence electrons. The van der Waals surface area contributed by atoms with Crippen LogP contribution in [0.3, 0.4) is 0 Å². The molecule has 1 atom stereocenters. The molecule has 1 unspecified atom stereocenters. The SMILES string of the molecule is CCC(CSC)N(C)Cc1ccccc1N. The summed E-state index contributed by atoms with van der Waals surface area (Å²) >= 11 is 1.90. The molecule has 0 bridgehead atoms. The quantitative estimate of drug-likeness (QED) is 0.773. The Bertz CT molecular complexity index is 315. The topological polar surface area (TPSA) is 29.3 Å². The standard InChI is InChI=1S/C13H22N2S/c1-4-12(10-16-3)15(2)9-11-7-5-6-8-13(11)14/h5-8,12H,4,9-10,14H2,1-3H3. The largest absolute Gasteiger partial charge is 0.398 e. The minimum absolute atomic E-state index is 0.634. The minimum Gasteiger partial charge on any atom is -0.398 e. The highest BCUT2D eigenvalue weighted by Crippen LogP contribution is 2.16. The van der Waals surface area contributed by atoms with Gasteiger partial charge in [0.05, 0.1) is 0 Å². The molecule has 0 spiro atoms. The zero-order valence-corrected chi connectivity index (χ0v) is 11.3. The van der Waals surface area contributed by atoms with Crippen LogP contribution in [0.1, 0.15) is 18.9 Å². The average molecular weight is 238 g/mol. The predicted molar refractivity (Wildman–Crippen MR) is 74.8 cm³/mol. The Kier molecular flexibility index (Phi) is 5.71. The number of nitrogens with two attached hydrogens (primary N) is 1. The van der Waals surface area contributed by atoms with Crippen molar-refractivity contribution in [3.8, 4) is 0 Å². The third-order valence-electron chi connectivity index (χ3n) is 2.93. The highest BCUT2D eigenvalue weighted by Gasteiger charge is 2.12. The van der Waals surface area contributed by atoms with E-state index in [0.29, 0.717) is 6.04 Å². The number of para-hydroxylation sites is 1. The monoisotopic (exact) mass is 238 g/mol. The van der Waals surface area contributed by atoms with Gasteiger partial charge >= 0.3 is 0 Å². The predicted octanol–water partition coefficient (Wildman–Crippen LogP) is 2.84. The van der Waals surface area contributed by atoms with Crippen molar-refractivity contribution >= 4 is 17.4 Å². The third kappa shape index (κ3) is 3.72. The van der Waals surface area contributed by atoms with Crippen LogP contribution in [0, 0.1) is 0 Å². The van der Waals surface area contributed by atoms with Crippen LogP contribution in [0.25, 0.3) is 0 Å². The van der Waals surface area contributed by atoms with Crippen LogP contribution in [0.15, 0.2) is 24.3 Å². The maximum Gasteiger partial charge on any atom is 0.0359 e. The molecule has 0 saturated heterocycles. The number of hydrogen-bond donors (Lipinski definition) is 1. The van der Waals surface area contributed by atoms with Crippen molar-refractivity contribution in [3.63, 3.8) is 0 Å². The molecule has 0 aliphatic heterocycles. The zero-order valence-electron chi connectivity index (χ0n) is 10.4. The number of hydrogen-bond acceptors (Lipinski definition) is 3. The van der Waals surface area contributed by atoms with Crippen molar-refractivity contribution in [2.45, 2.75) is 25.9 Å². The fourth-order valence-corrected chi connectivity index (χ4v) is 2.70. The number of rotatable bonds is 6. The summed E-state index contributed by atoms with van der Waals surface area (Å²) in [6.07, 6.45) is 3.34. The van der Waals surface area contributed by atoms with Crippen molar-refractivity contribution in [2.24, 2.45) is 0 Å². The first-order chi connectivity index (χ1) is 7.69. The summed E-state index contributed by atoms with van der Waals surface area (Å²) in [6.45, 7) is 3.18. The van der Waals surface area contributed by atoms with Gasteiger partial charge in [-0.1, -0.05) is 25.1 Å². The number of anilines is 1. The molecule has 1 rings (SSSR count). The summed E-state index contributed by atoms with van der Waals surface area (Å²) in [4.78, 5) is 2.39. The first kappa shape index (κ1) is 13.4. The molecule has 16 heavy (non-hydrogen) atoms. The summed E-state index contributed by atoms with van der Waals surface area (Å²) < 4.78 is 0. The molecule has 3 heteroatoms.